The molecule has 1 aliphatic rings. The van der Waals surface area contributed by atoms with Crippen molar-refractivity contribution < 1.29 is 9.59 Å². The van der Waals surface area contributed by atoms with Gasteiger partial charge in [0.15, 0.2) is 0 Å². The third-order valence-electron chi connectivity index (χ3n) is 4.54. The summed E-state index contributed by atoms with van der Waals surface area (Å²) in [5.74, 6) is 0.253. The molecule has 0 spiro atoms. The zero-order chi connectivity index (χ0) is 16.2. The van der Waals surface area contributed by atoms with Gasteiger partial charge in [0.2, 0.25) is 11.8 Å². The number of aromatic amines is 1. The fourth-order valence-corrected chi connectivity index (χ4v) is 3.23. The van der Waals surface area contributed by atoms with Gasteiger partial charge >= 0.3 is 0 Å². The van der Waals surface area contributed by atoms with Crippen LogP contribution in [-0.4, -0.2) is 40.8 Å². The van der Waals surface area contributed by atoms with Crippen LogP contribution in [0.2, 0.25) is 0 Å². The summed E-state index contributed by atoms with van der Waals surface area (Å²) < 4.78 is 0. The van der Waals surface area contributed by atoms with Crippen LogP contribution in [0.15, 0.2) is 30.5 Å². The van der Waals surface area contributed by atoms with Crippen LogP contribution in [0.25, 0.3) is 10.9 Å². The summed E-state index contributed by atoms with van der Waals surface area (Å²) in [6, 6.07) is 8.18. The predicted octanol–water partition coefficient (Wildman–Crippen LogP) is 2.23. The number of H-pyrrole nitrogens is 1. The number of rotatable bonds is 4. The molecule has 0 saturated carbocycles. The highest BCUT2D eigenvalue weighted by molar-refractivity contribution is 5.88. The number of hydrogen-bond donors (Lipinski definition) is 2. The standard InChI is InChI=1S/C18H23N3O2/c1-2-18(23)21-9-7-14(8-10-21)20-17(22)11-13-12-19-16-6-4-3-5-15(13)16/h3-6,12,14,19H,2,7-11H2,1H3,(H,20,22). The van der Waals surface area contributed by atoms with Crippen molar-refractivity contribution in [2.24, 2.45) is 0 Å². The topological polar surface area (TPSA) is 65.2 Å². The Morgan fingerprint density at radius 1 is 1.26 bits per heavy atom. The van der Waals surface area contributed by atoms with Gasteiger partial charge in [0, 0.05) is 42.7 Å². The fraction of sp³-hybridized carbons (Fsp3) is 0.444. The minimum Gasteiger partial charge on any atom is -0.361 e. The summed E-state index contributed by atoms with van der Waals surface area (Å²) in [5.41, 5.74) is 2.08. The van der Waals surface area contributed by atoms with Gasteiger partial charge in [0.25, 0.3) is 0 Å². The van der Waals surface area contributed by atoms with Crippen molar-refractivity contribution in [3.05, 3.63) is 36.0 Å². The lowest BCUT2D eigenvalue weighted by Crippen LogP contribution is -2.46. The molecule has 0 aliphatic carbocycles. The van der Waals surface area contributed by atoms with Crippen LogP contribution in [0.5, 0.6) is 0 Å². The maximum absolute atomic E-state index is 12.3. The van der Waals surface area contributed by atoms with E-state index in [4.69, 9.17) is 0 Å². The normalized spacial score (nSPS) is 15.8. The number of piperidine rings is 1. The molecule has 1 aliphatic heterocycles. The number of carbonyl (C=O) groups excluding carboxylic acids is 2. The average Bonchev–Trinajstić information content (AvgIpc) is 2.98. The van der Waals surface area contributed by atoms with E-state index >= 15 is 0 Å². The fourth-order valence-electron chi connectivity index (χ4n) is 3.23. The molecule has 5 nitrogen and oxygen atoms in total. The Morgan fingerprint density at radius 2 is 2.00 bits per heavy atom. The maximum Gasteiger partial charge on any atom is 0.224 e. The quantitative estimate of drug-likeness (QED) is 0.909. The van der Waals surface area contributed by atoms with E-state index in [0.29, 0.717) is 12.8 Å². The van der Waals surface area contributed by atoms with Crippen molar-refractivity contribution in [3.8, 4) is 0 Å². The molecule has 2 amide bonds. The van der Waals surface area contributed by atoms with E-state index in [9.17, 15) is 9.59 Å². The van der Waals surface area contributed by atoms with Crippen molar-refractivity contribution in [2.75, 3.05) is 13.1 Å². The van der Waals surface area contributed by atoms with Crippen LogP contribution < -0.4 is 5.32 Å². The van der Waals surface area contributed by atoms with Crippen molar-refractivity contribution in [1.82, 2.24) is 15.2 Å². The van der Waals surface area contributed by atoms with E-state index in [1.54, 1.807) is 0 Å². The smallest absolute Gasteiger partial charge is 0.224 e. The molecule has 5 heteroatoms. The molecule has 122 valence electrons. The molecule has 1 fully saturated rings. The minimum absolute atomic E-state index is 0.0509. The number of carbonyl (C=O) groups is 2. The summed E-state index contributed by atoms with van der Waals surface area (Å²) in [4.78, 5) is 29.0. The lowest BCUT2D eigenvalue weighted by atomic mass is 10.0. The molecule has 1 aromatic heterocycles. The summed E-state index contributed by atoms with van der Waals surface area (Å²) in [6.45, 7) is 3.37. The molecule has 0 atom stereocenters. The Kier molecular flexibility index (Phi) is 4.65. The first kappa shape index (κ1) is 15.6. The Hall–Kier alpha value is -2.30. The molecule has 0 bridgehead atoms. The molecule has 23 heavy (non-hydrogen) atoms. The van der Waals surface area contributed by atoms with Gasteiger partial charge in [-0.1, -0.05) is 25.1 Å². The maximum atomic E-state index is 12.3. The molecular weight excluding hydrogens is 290 g/mol. The van der Waals surface area contributed by atoms with Crippen LogP contribution >= 0.6 is 0 Å². The number of fused-ring (bicyclic) bond motifs is 1. The van der Waals surface area contributed by atoms with E-state index in [0.717, 1.165) is 42.4 Å². The number of nitrogens with one attached hydrogen (secondary N) is 2. The number of amides is 2. The zero-order valence-corrected chi connectivity index (χ0v) is 13.5. The zero-order valence-electron chi connectivity index (χ0n) is 13.5. The van der Waals surface area contributed by atoms with Crippen molar-refractivity contribution >= 4 is 22.7 Å². The van der Waals surface area contributed by atoms with Gasteiger partial charge in [-0.2, -0.15) is 0 Å². The first-order chi connectivity index (χ1) is 11.2. The second kappa shape index (κ2) is 6.86. The summed E-state index contributed by atoms with van der Waals surface area (Å²) in [7, 11) is 0. The molecule has 2 heterocycles. The molecule has 1 saturated heterocycles. The van der Waals surface area contributed by atoms with Gasteiger partial charge in [-0.05, 0) is 24.5 Å². The number of likely N-dealkylation sites (tertiary alicyclic amines) is 1. The van der Waals surface area contributed by atoms with Crippen LogP contribution in [-0.2, 0) is 16.0 Å². The van der Waals surface area contributed by atoms with E-state index in [1.807, 2.05) is 42.3 Å². The Labute approximate surface area is 136 Å². The number of benzene rings is 1. The summed E-state index contributed by atoms with van der Waals surface area (Å²) in [6.07, 6.45) is 4.53. The predicted molar refractivity (Wildman–Crippen MR) is 90.0 cm³/mol. The molecule has 3 rings (SSSR count). The van der Waals surface area contributed by atoms with Crippen LogP contribution in [0.4, 0.5) is 0 Å². The number of aromatic nitrogens is 1. The number of nitrogens with zero attached hydrogens (tertiary/aromatic N) is 1. The second-order valence-corrected chi connectivity index (χ2v) is 6.11. The third kappa shape index (κ3) is 3.55. The molecule has 1 aromatic carbocycles. The van der Waals surface area contributed by atoms with Crippen molar-refractivity contribution in [2.45, 2.75) is 38.6 Å². The lowest BCUT2D eigenvalue weighted by molar-refractivity contribution is -0.132. The second-order valence-electron chi connectivity index (χ2n) is 6.11. The van der Waals surface area contributed by atoms with Crippen LogP contribution in [0.1, 0.15) is 31.7 Å². The van der Waals surface area contributed by atoms with E-state index in [1.165, 1.54) is 0 Å². The molecular formula is C18H23N3O2. The van der Waals surface area contributed by atoms with Gasteiger partial charge in [-0.25, -0.2) is 0 Å². The Balaban J connectivity index is 1.53. The highest BCUT2D eigenvalue weighted by atomic mass is 16.2. The van der Waals surface area contributed by atoms with Gasteiger partial charge in [-0.15, -0.1) is 0 Å². The largest absolute Gasteiger partial charge is 0.361 e. The average molecular weight is 313 g/mol. The molecule has 0 radical (unpaired) electrons. The summed E-state index contributed by atoms with van der Waals surface area (Å²) >= 11 is 0. The molecule has 0 unspecified atom stereocenters. The number of para-hydroxylation sites is 1. The van der Waals surface area contributed by atoms with E-state index in [2.05, 4.69) is 10.3 Å². The van der Waals surface area contributed by atoms with Gasteiger partial charge < -0.3 is 15.2 Å². The lowest BCUT2D eigenvalue weighted by Gasteiger charge is -2.32. The van der Waals surface area contributed by atoms with Gasteiger partial charge in [-0.3, -0.25) is 9.59 Å². The third-order valence-corrected chi connectivity index (χ3v) is 4.54. The van der Waals surface area contributed by atoms with E-state index < -0.39 is 0 Å². The van der Waals surface area contributed by atoms with Crippen molar-refractivity contribution in [1.29, 1.82) is 0 Å². The molecule has 2 N–H and O–H groups in total. The molecule has 2 aromatic rings. The first-order valence-electron chi connectivity index (χ1n) is 8.29. The van der Waals surface area contributed by atoms with Crippen LogP contribution in [0.3, 0.4) is 0 Å². The SMILES string of the molecule is CCC(=O)N1CCC(NC(=O)Cc2c[nH]c3ccccc23)CC1. The number of hydrogen-bond acceptors (Lipinski definition) is 2. The van der Waals surface area contributed by atoms with Gasteiger partial charge in [0.1, 0.15) is 0 Å². The van der Waals surface area contributed by atoms with Crippen LogP contribution in [0, 0.1) is 0 Å². The van der Waals surface area contributed by atoms with Crippen molar-refractivity contribution in [3.63, 3.8) is 0 Å². The van der Waals surface area contributed by atoms with E-state index in [-0.39, 0.29) is 17.9 Å². The Bertz CT molecular complexity index is 699. The van der Waals surface area contributed by atoms with Gasteiger partial charge in [0.05, 0.1) is 6.42 Å². The monoisotopic (exact) mass is 313 g/mol. The Morgan fingerprint density at radius 3 is 2.74 bits per heavy atom. The highest BCUT2D eigenvalue weighted by Crippen LogP contribution is 2.18. The minimum atomic E-state index is 0.0509. The first-order valence-corrected chi connectivity index (χ1v) is 8.29. The highest BCUT2D eigenvalue weighted by Gasteiger charge is 2.23. The summed E-state index contributed by atoms with van der Waals surface area (Å²) in [5, 5.41) is 4.21.